The summed E-state index contributed by atoms with van der Waals surface area (Å²) in [5.74, 6) is 2.02. The zero-order valence-corrected chi connectivity index (χ0v) is 17.9. The first-order valence-electron chi connectivity index (χ1n) is 9.16. The third kappa shape index (κ3) is 5.22. The minimum atomic E-state index is -0.147. The van der Waals surface area contributed by atoms with Crippen LogP contribution in [0, 0.1) is 0 Å². The molecule has 1 aromatic heterocycles. The lowest BCUT2D eigenvalue weighted by molar-refractivity contribution is 0.318. The van der Waals surface area contributed by atoms with Crippen molar-refractivity contribution in [1.82, 2.24) is 20.8 Å². The standard InChI is InChI=1S/C19H27BrN6O/c1-19(2,3)17-24-16(25-27-17)11-22-18(21-4)23-14-9-10-26(12-14)15-7-5-13(20)6-8-15/h5-8,14H,9-12H2,1-4H3,(H2,21,22,23). The number of hydrogen-bond acceptors (Lipinski definition) is 5. The Kier molecular flexibility index (Phi) is 6.04. The van der Waals surface area contributed by atoms with Crippen molar-refractivity contribution >= 4 is 27.6 Å². The summed E-state index contributed by atoms with van der Waals surface area (Å²) >= 11 is 3.48. The van der Waals surface area contributed by atoms with Crippen molar-refractivity contribution in [3.05, 3.63) is 40.5 Å². The number of halogens is 1. The summed E-state index contributed by atoms with van der Waals surface area (Å²) in [7, 11) is 1.77. The molecule has 7 nitrogen and oxygen atoms in total. The molecule has 0 amide bonds. The number of guanidine groups is 1. The smallest absolute Gasteiger partial charge is 0.232 e. The molecule has 2 N–H and O–H groups in total. The van der Waals surface area contributed by atoms with Gasteiger partial charge in [-0.2, -0.15) is 4.98 Å². The van der Waals surface area contributed by atoms with Gasteiger partial charge in [-0.3, -0.25) is 4.99 Å². The van der Waals surface area contributed by atoms with Gasteiger partial charge in [0, 0.05) is 41.8 Å². The topological polar surface area (TPSA) is 78.6 Å². The summed E-state index contributed by atoms with van der Waals surface area (Å²) in [6.45, 7) is 8.59. The molecule has 27 heavy (non-hydrogen) atoms. The molecule has 1 saturated heterocycles. The molecule has 146 valence electrons. The van der Waals surface area contributed by atoms with E-state index in [1.54, 1.807) is 7.05 Å². The van der Waals surface area contributed by atoms with E-state index in [1.165, 1.54) is 5.69 Å². The van der Waals surface area contributed by atoms with Gasteiger partial charge in [-0.15, -0.1) is 0 Å². The van der Waals surface area contributed by atoms with Gasteiger partial charge in [-0.05, 0) is 30.7 Å². The highest BCUT2D eigenvalue weighted by Gasteiger charge is 2.24. The number of nitrogens with zero attached hydrogens (tertiary/aromatic N) is 4. The highest BCUT2D eigenvalue weighted by Crippen LogP contribution is 2.22. The number of benzene rings is 1. The van der Waals surface area contributed by atoms with Gasteiger partial charge in [-0.1, -0.05) is 41.9 Å². The van der Waals surface area contributed by atoms with Crippen molar-refractivity contribution in [3.63, 3.8) is 0 Å². The molecule has 3 rings (SSSR count). The van der Waals surface area contributed by atoms with Gasteiger partial charge in [0.15, 0.2) is 11.8 Å². The molecule has 0 aliphatic carbocycles. The fourth-order valence-corrected chi connectivity index (χ4v) is 3.21. The molecule has 2 heterocycles. The Morgan fingerprint density at radius 2 is 2.07 bits per heavy atom. The first-order chi connectivity index (χ1) is 12.8. The van der Waals surface area contributed by atoms with Crippen LogP contribution in [0.15, 0.2) is 38.3 Å². The Morgan fingerprint density at radius 1 is 1.33 bits per heavy atom. The molecule has 0 spiro atoms. The maximum absolute atomic E-state index is 5.33. The van der Waals surface area contributed by atoms with E-state index in [9.17, 15) is 0 Å². The molecule has 0 saturated carbocycles. The second-order valence-electron chi connectivity index (χ2n) is 7.74. The molecule has 1 aromatic carbocycles. The normalized spacial score (nSPS) is 18.0. The fraction of sp³-hybridized carbons (Fsp3) is 0.526. The summed E-state index contributed by atoms with van der Waals surface area (Å²) in [6, 6.07) is 8.78. The minimum Gasteiger partial charge on any atom is -0.369 e. The molecular formula is C19H27BrN6O. The van der Waals surface area contributed by atoms with Crippen LogP contribution in [0.5, 0.6) is 0 Å². The van der Waals surface area contributed by atoms with E-state index in [1.807, 2.05) is 0 Å². The van der Waals surface area contributed by atoms with Crippen molar-refractivity contribution in [3.8, 4) is 0 Å². The van der Waals surface area contributed by atoms with Crippen LogP contribution in [0.25, 0.3) is 0 Å². The average Bonchev–Trinajstić information content (AvgIpc) is 3.28. The molecule has 2 aromatic rings. The average molecular weight is 435 g/mol. The highest BCUT2D eigenvalue weighted by molar-refractivity contribution is 9.10. The quantitative estimate of drug-likeness (QED) is 0.568. The lowest BCUT2D eigenvalue weighted by atomic mass is 9.97. The number of aliphatic imine (C=N–C) groups is 1. The van der Waals surface area contributed by atoms with Crippen molar-refractivity contribution in [1.29, 1.82) is 0 Å². The van der Waals surface area contributed by atoms with Gasteiger partial charge in [0.05, 0.1) is 6.54 Å². The highest BCUT2D eigenvalue weighted by atomic mass is 79.9. The lowest BCUT2D eigenvalue weighted by Gasteiger charge is -2.20. The van der Waals surface area contributed by atoms with E-state index in [-0.39, 0.29) is 5.41 Å². The predicted molar refractivity (Wildman–Crippen MR) is 111 cm³/mol. The van der Waals surface area contributed by atoms with Crippen molar-refractivity contribution in [2.45, 2.75) is 45.2 Å². The first kappa shape index (κ1) is 19.7. The van der Waals surface area contributed by atoms with Gasteiger partial charge in [-0.25, -0.2) is 0 Å². The Hall–Kier alpha value is -2.09. The Balaban J connectivity index is 1.51. The molecule has 1 aliphatic rings. The summed E-state index contributed by atoms with van der Waals surface area (Å²) in [5, 5.41) is 10.8. The summed E-state index contributed by atoms with van der Waals surface area (Å²) in [4.78, 5) is 11.1. The maximum Gasteiger partial charge on any atom is 0.232 e. The third-order valence-electron chi connectivity index (χ3n) is 4.47. The number of anilines is 1. The summed E-state index contributed by atoms with van der Waals surface area (Å²) in [6.07, 6.45) is 1.06. The molecular weight excluding hydrogens is 408 g/mol. The first-order valence-corrected chi connectivity index (χ1v) is 9.95. The zero-order valence-electron chi connectivity index (χ0n) is 16.3. The molecule has 8 heteroatoms. The van der Waals surface area contributed by atoms with Gasteiger partial charge in [0.25, 0.3) is 0 Å². The lowest BCUT2D eigenvalue weighted by Crippen LogP contribution is -2.44. The molecule has 1 unspecified atom stereocenters. The van der Waals surface area contributed by atoms with Gasteiger partial charge in [0.1, 0.15) is 0 Å². The van der Waals surface area contributed by atoms with E-state index in [4.69, 9.17) is 4.52 Å². The van der Waals surface area contributed by atoms with Crippen LogP contribution in [0.2, 0.25) is 0 Å². The minimum absolute atomic E-state index is 0.147. The molecule has 0 bridgehead atoms. The predicted octanol–water partition coefficient (Wildman–Crippen LogP) is 3.07. The zero-order chi connectivity index (χ0) is 19.4. The van der Waals surface area contributed by atoms with Gasteiger partial charge >= 0.3 is 0 Å². The van der Waals surface area contributed by atoms with E-state index in [0.717, 1.165) is 29.9 Å². The molecule has 1 atom stereocenters. The van der Waals surface area contributed by atoms with Crippen LogP contribution < -0.4 is 15.5 Å². The van der Waals surface area contributed by atoms with Crippen LogP contribution in [0.1, 0.15) is 38.9 Å². The Labute approximate surface area is 168 Å². The monoisotopic (exact) mass is 434 g/mol. The largest absolute Gasteiger partial charge is 0.369 e. The Morgan fingerprint density at radius 3 is 2.70 bits per heavy atom. The van der Waals surface area contributed by atoms with Gasteiger partial charge in [0.2, 0.25) is 5.89 Å². The van der Waals surface area contributed by atoms with Crippen LogP contribution in [0.3, 0.4) is 0 Å². The second kappa shape index (κ2) is 8.29. The van der Waals surface area contributed by atoms with Crippen molar-refractivity contribution < 1.29 is 4.52 Å². The van der Waals surface area contributed by atoms with Crippen LogP contribution in [-0.4, -0.2) is 42.3 Å². The SMILES string of the molecule is CN=C(NCc1noc(C(C)(C)C)n1)NC1CCN(c2ccc(Br)cc2)C1. The number of rotatable bonds is 4. The van der Waals surface area contributed by atoms with E-state index >= 15 is 0 Å². The van der Waals surface area contributed by atoms with Crippen molar-refractivity contribution in [2.24, 2.45) is 4.99 Å². The molecule has 1 aliphatic heterocycles. The van der Waals surface area contributed by atoms with E-state index in [0.29, 0.717) is 24.3 Å². The number of nitrogens with one attached hydrogen (secondary N) is 2. The van der Waals surface area contributed by atoms with E-state index < -0.39 is 0 Å². The maximum atomic E-state index is 5.33. The second-order valence-corrected chi connectivity index (χ2v) is 8.66. The van der Waals surface area contributed by atoms with Crippen LogP contribution in [-0.2, 0) is 12.0 Å². The fourth-order valence-electron chi connectivity index (χ4n) is 2.95. The van der Waals surface area contributed by atoms with Crippen LogP contribution in [0.4, 0.5) is 5.69 Å². The Bertz CT molecular complexity index is 780. The number of hydrogen-bond donors (Lipinski definition) is 2. The number of aromatic nitrogens is 2. The van der Waals surface area contributed by atoms with Crippen LogP contribution >= 0.6 is 15.9 Å². The van der Waals surface area contributed by atoms with E-state index in [2.05, 4.69) is 91.6 Å². The van der Waals surface area contributed by atoms with Crippen molar-refractivity contribution in [2.75, 3.05) is 25.0 Å². The summed E-state index contributed by atoms with van der Waals surface area (Å²) < 4.78 is 6.43. The molecule has 1 fully saturated rings. The van der Waals surface area contributed by atoms with Gasteiger partial charge < -0.3 is 20.1 Å². The molecule has 0 radical (unpaired) electrons. The summed E-state index contributed by atoms with van der Waals surface area (Å²) in [5.41, 5.74) is 1.10. The third-order valence-corrected chi connectivity index (χ3v) is 5.00.